The van der Waals surface area contributed by atoms with E-state index in [4.69, 9.17) is 5.11 Å². The van der Waals surface area contributed by atoms with E-state index >= 15 is 0 Å². The summed E-state index contributed by atoms with van der Waals surface area (Å²) >= 11 is 0. The van der Waals surface area contributed by atoms with Crippen LogP contribution in [0.5, 0.6) is 0 Å². The molecular weight excluding hydrogens is 196 g/mol. The summed E-state index contributed by atoms with van der Waals surface area (Å²) in [5.41, 5.74) is 0. The van der Waals surface area contributed by atoms with Gasteiger partial charge in [0, 0.05) is 0 Å². The molecule has 0 bridgehead atoms. The number of rotatable bonds is 2. The number of carbonyl (C=O) groups is 2. The molecule has 0 saturated heterocycles. The minimum absolute atomic E-state index is 0.000000000000000444. The molecule has 0 unspecified atom stereocenters. The van der Waals surface area contributed by atoms with Crippen molar-refractivity contribution in [1.82, 2.24) is 0 Å². The van der Waals surface area contributed by atoms with Gasteiger partial charge in [-0.15, -0.1) is 0 Å². The summed E-state index contributed by atoms with van der Waals surface area (Å²) in [6.07, 6.45) is 6.17. The number of methoxy groups -OCH3 is 1. The number of carboxylic acids is 1. The molecule has 15 heavy (non-hydrogen) atoms. The van der Waals surface area contributed by atoms with Crippen molar-refractivity contribution < 1.29 is 19.4 Å². The van der Waals surface area contributed by atoms with Crippen LogP contribution >= 0.6 is 0 Å². The van der Waals surface area contributed by atoms with Crippen molar-refractivity contribution >= 4 is 11.9 Å². The Labute approximate surface area is 89.6 Å². The number of aliphatic carboxylic acids is 1. The van der Waals surface area contributed by atoms with Gasteiger partial charge in [0.2, 0.25) is 0 Å². The van der Waals surface area contributed by atoms with Crippen LogP contribution in [0.4, 0.5) is 0 Å². The lowest BCUT2D eigenvalue weighted by Gasteiger charge is -2.21. The van der Waals surface area contributed by atoms with Crippen LogP contribution in [0.15, 0.2) is 0 Å². The predicted molar refractivity (Wildman–Crippen MR) is 54.3 cm³/mol. The Balaban J connectivity index is 0.000000151. The SMILES string of the molecule is COC(=O)C1CCC1.O=C(O)C1CCC1. The smallest absolute Gasteiger partial charge is 0.308 e. The zero-order chi connectivity index (χ0) is 11.3. The van der Waals surface area contributed by atoms with E-state index in [1.165, 1.54) is 13.5 Å². The minimum atomic E-state index is -0.619. The number of carboxylic acid groups (broad SMARTS) is 1. The van der Waals surface area contributed by atoms with Gasteiger partial charge in [0.1, 0.15) is 0 Å². The Kier molecular flexibility index (Phi) is 4.59. The average Bonchev–Trinajstić information content (AvgIpc) is 1.97. The molecule has 0 heterocycles. The van der Waals surface area contributed by atoms with Gasteiger partial charge >= 0.3 is 11.9 Å². The maximum Gasteiger partial charge on any atom is 0.308 e. The fourth-order valence-corrected chi connectivity index (χ4v) is 1.47. The number of carbonyl (C=O) groups excluding carboxylic acids is 1. The number of hydrogen-bond donors (Lipinski definition) is 1. The fraction of sp³-hybridized carbons (Fsp3) is 0.818. The molecule has 4 nitrogen and oxygen atoms in total. The Morgan fingerprint density at radius 1 is 1.07 bits per heavy atom. The minimum Gasteiger partial charge on any atom is -0.481 e. The summed E-state index contributed by atoms with van der Waals surface area (Å²) in [5, 5.41) is 8.23. The third-order valence-electron chi connectivity index (χ3n) is 3.09. The van der Waals surface area contributed by atoms with Gasteiger partial charge in [-0.3, -0.25) is 9.59 Å². The summed E-state index contributed by atoms with van der Waals surface area (Å²) in [7, 11) is 1.45. The lowest BCUT2D eigenvalue weighted by Crippen LogP contribution is -2.22. The quantitative estimate of drug-likeness (QED) is 0.712. The molecule has 2 aliphatic carbocycles. The van der Waals surface area contributed by atoms with Crippen molar-refractivity contribution in [2.75, 3.05) is 7.11 Å². The van der Waals surface area contributed by atoms with Gasteiger partial charge in [-0.05, 0) is 25.7 Å². The zero-order valence-electron chi connectivity index (χ0n) is 9.07. The second kappa shape index (κ2) is 5.73. The molecule has 0 amide bonds. The monoisotopic (exact) mass is 214 g/mol. The fourth-order valence-electron chi connectivity index (χ4n) is 1.47. The molecule has 0 aromatic carbocycles. The second-order valence-electron chi connectivity index (χ2n) is 4.12. The zero-order valence-corrected chi connectivity index (χ0v) is 9.07. The summed E-state index contributed by atoms with van der Waals surface area (Å²) in [4.78, 5) is 20.6. The van der Waals surface area contributed by atoms with Crippen LogP contribution in [-0.4, -0.2) is 24.2 Å². The van der Waals surface area contributed by atoms with Crippen LogP contribution in [0, 0.1) is 11.8 Å². The van der Waals surface area contributed by atoms with E-state index in [-0.39, 0.29) is 17.8 Å². The summed E-state index contributed by atoms with van der Waals surface area (Å²) in [5.74, 6) is -0.414. The van der Waals surface area contributed by atoms with Gasteiger partial charge in [0.15, 0.2) is 0 Å². The van der Waals surface area contributed by atoms with Gasteiger partial charge in [-0.1, -0.05) is 12.8 Å². The molecule has 2 aliphatic rings. The van der Waals surface area contributed by atoms with Crippen LogP contribution in [0.25, 0.3) is 0 Å². The second-order valence-corrected chi connectivity index (χ2v) is 4.12. The normalized spacial score (nSPS) is 20.3. The molecule has 2 fully saturated rings. The van der Waals surface area contributed by atoms with Gasteiger partial charge in [0.25, 0.3) is 0 Å². The Hall–Kier alpha value is -1.06. The van der Waals surface area contributed by atoms with Gasteiger partial charge in [-0.2, -0.15) is 0 Å². The standard InChI is InChI=1S/C6H10O2.C5H8O2/c1-8-6(7)5-3-2-4-5;6-5(7)4-2-1-3-4/h5H,2-4H2,1H3;4H,1-3H2,(H,6,7). The maximum absolute atomic E-state index is 10.6. The van der Waals surface area contributed by atoms with Crippen LogP contribution in [0.3, 0.4) is 0 Å². The topological polar surface area (TPSA) is 63.6 Å². The molecule has 0 aliphatic heterocycles. The summed E-state index contributed by atoms with van der Waals surface area (Å²) in [6, 6.07) is 0. The van der Waals surface area contributed by atoms with E-state index in [2.05, 4.69) is 4.74 Å². The van der Waals surface area contributed by atoms with Crippen LogP contribution in [0.2, 0.25) is 0 Å². The average molecular weight is 214 g/mol. The van der Waals surface area contributed by atoms with Crippen LogP contribution < -0.4 is 0 Å². The van der Waals surface area contributed by atoms with Crippen molar-refractivity contribution in [2.24, 2.45) is 11.8 Å². The molecular formula is C11H18O4. The molecule has 0 atom stereocenters. The van der Waals surface area contributed by atoms with Crippen LogP contribution in [-0.2, 0) is 14.3 Å². The molecule has 1 N–H and O–H groups in total. The molecule has 0 radical (unpaired) electrons. The van der Waals surface area contributed by atoms with E-state index in [0.29, 0.717) is 0 Å². The first-order valence-corrected chi connectivity index (χ1v) is 5.45. The van der Waals surface area contributed by atoms with E-state index in [1.54, 1.807) is 0 Å². The highest BCUT2D eigenvalue weighted by molar-refractivity contribution is 5.73. The Morgan fingerprint density at radius 2 is 1.53 bits per heavy atom. The Bertz CT molecular complexity index is 229. The number of esters is 1. The molecule has 86 valence electrons. The highest BCUT2D eigenvalue weighted by atomic mass is 16.5. The molecule has 2 rings (SSSR count). The molecule has 0 aromatic heterocycles. The Morgan fingerprint density at radius 3 is 1.60 bits per heavy atom. The van der Waals surface area contributed by atoms with E-state index in [1.807, 2.05) is 0 Å². The number of hydrogen-bond acceptors (Lipinski definition) is 3. The maximum atomic E-state index is 10.6. The van der Waals surface area contributed by atoms with E-state index in [0.717, 1.165) is 32.1 Å². The molecule has 0 spiro atoms. The third-order valence-corrected chi connectivity index (χ3v) is 3.09. The first-order chi connectivity index (χ1) is 7.15. The van der Waals surface area contributed by atoms with Gasteiger partial charge in [0.05, 0.1) is 18.9 Å². The van der Waals surface area contributed by atoms with Crippen molar-refractivity contribution in [2.45, 2.75) is 38.5 Å². The molecule has 4 heteroatoms. The van der Waals surface area contributed by atoms with Gasteiger partial charge in [-0.25, -0.2) is 0 Å². The van der Waals surface area contributed by atoms with Gasteiger partial charge < -0.3 is 9.84 Å². The highest BCUT2D eigenvalue weighted by Gasteiger charge is 2.25. The van der Waals surface area contributed by atoms with E-state index < -0.39 is 5.97 Å². The van der Waals surface area contributed by atoms with Crippen molar-refractivity contribution in [1.29, 1.82) is 0 Å². The van der Waals surface area contributed by atoms with Crippen molar-refractivity contribution in [3.8, 4) is 0 Å². The van der Waals surface area contributed by atoms with Crippen LogP contribution in [0.1, 0.15) is 38.5 Å². The largest absolute Gasteiger partial charge is 0.481 e. The predicted octanol–water partition coefficient (Wildman–Crippen LogP) is 1.83. The lowest BCUT2D eigenvalue weighted by molar-refractivity contribution is -0.148. The highest BCUT2D eigenvalue weighted by Crippen LogP contribution is 2.27. The summed E-state index contributed by atoms with van der Waals surface area (Å²) < 4.78 is 4.52. The third kappa shape index (κ3) is 3.53. The number of ether oxygens (including phenoxy) is 1. The van der Waals surface area contributed by atoms with Crippen molar-refractivity contribution in [3.05, 3.63) is 0 Å². The van der Waals surface area contributed by atoms with E-state index in [9.17, 15) is 9.59 Å². The first kappa shape index (κ1) is 12.0. The molecule has 0 aromatic rings. The first-order valence-electron chi connectivity index (χ1n) is 5.45. The molecule has 2 saturated carbocycles. The lowest BCUT2D eigenvalue weighted by atomic mass is 9.86. The van der Waals surface area contributed by atoms with Crippen molar-refractivity contribution in [3.63, 3.8) is 0 Å². The summed E-state index contributed by atoms with van der Waals surface area (Å²) in [6.45, 7) is 0.